The van der Waals surface area contributed by atoms with E-state index >= 15 is 0 Å². The normalized spacial score (nSPS) is 11.4. The summed E-state index contributed by atoms with van der Waals surface area (Å²) in [6.45, 7) is 0.146. The van der Waals surface area contributed by atoms with Crippen molar-refractivity contribution in [2.24, 2.45) is 0 Å². The van der Waals surface area contributed by atoms with Crippen LogP contribution in [0, 0.1) is 0 Å². The number of alkyl halides is 3. The monoisotopic (exact) mass is 347 g/mol. The van der Waals surface area contributed by atoms with Crippen LogP contribution in [0.1, 0.15) is 11.1 Å². The van der Waals surface area contributed by atoms with Crippen molar-refractivity contribution in [3.63, 3.8) is 0 Å². The first-order valence-corrected chi connectivity index (χ1v) is 6.30. The highest BCUT2D eigenvalue weighted by Crippen LogP contribution is 2.29. The molecule has 0 unspecified atom stereocenters. The van der Waals surface area contributed by atoms with Gasteiger partial charge in [0.1, 0.15) is 4.47 Å². The highest BCUT2D eigenvalue weighted by atomic mass is 79.9. The molecule has 0 aliphatic carbocycles. The first-order chi connectivity index (χ1) is 9.38. The van der Waals surface area contributed by atoms with Gasteiger partial charge < -0.3 is 5.32 Å². The number of aromatic amines is 1. The van der Waals surface area contributed by atoms with Crippen LogP contribution < -0.4 is 10.9 Å². The van der Waals surface area contributed by atoms with E-state index < -0.39 is 17.3 Å². The van der Waals surface area contributed by atoms with E-state index in [0.29, 0.717) is 11.3 Å². The summed E-state index contributed by atoms with van der Waals surface area (Å²) >= 11 is 3.07. The van der Waals surface area contributed by atoms with Crippen LogP contribution in [-0.4, -0.2) is 10.2 Å². The second kappa shape index (κ2) is 5.66. The number of aromatic nitrogens is 2. The molecule has 106 valence electrons. The van der Waals surface area contributed by atoms with E-state index in [1.807, 2.05) is 0 Å². The lowest BCUT2D eigenvalue weighted by Gasteiger charge is -2.10. The zero-order valence-electron chi connectivity index (χ0n) is 9.96. The van der Waals surface area contributed by atoms with E-state index in [1.165, 1.54) is 12.3 Å². The number of H-pyrrole nitrogens is 1. The molecular weight excluding hydrogens is 339 g/mol. The number of hydrogen-bond donors (Lipinski definition) is 2. The van der Waals surface area contributed by atoms with Crippen molar-refractivity contribution in [2.45, 2.75) is 12.7 Å². The molecule has 2 N–H and O–H groups in total. The summed E-state index contributed by atoms with van der Waals surface area (Å²) in [5.74, 6) is 0. The van der Waals surface area contributed by atoms with Crippen molar-refractivity contribution in [1.82, 2.24) is 10.2 Å². The van der Waals surface area contributed by atoms with Gasteiger partial charge in [0.15, 0.2) is 0 Å². The van der Waals surface area contributed by atoms with Crippen molar-refractivity contribution in [3.05, 3.63) is 56.4 Å². The average molecular weight is 348 g/mol. The Balaban J connectivity index is 2.15. The van der Waals surface area contributed by atoms with Crippen molar-refractivity contribution in [1.29, 1.82) is 0 Å². The first kappa shape index (κ1) is 14.6. The molecule has 0 aliphatic heterocycles. The third-order valence-corrected chi connectivity index (χ3v) is 3.32. The second-order valence-corrected chi connectivity index (χ2v) is 4.77. The number of rotatable bonds is 3. The van der Waals surface area contributed by atoms with E-state index in [9.17, 15) is 18.0 Å². The Hall–Kier alpha value is -1.83. The number of anilines is 1. The van der Waals surface area contributed by atoms with Gasteiger partial charge in [0, 0.05) is 6.54 Å². The lowest BCUT2D eigenvalue weighted by Crippen LogP contribution is -2.12. The number of benzene rings is 1. The molecular formula is C12H9BrF3N3O. The maximum atomic E-state index is 12.6. The van der Waals surface area contributed by atoms with Crippen LogP contribution in [0.15, 0.2) is 39.7 Å². The van der Waals surface area contributed by atoms with Gasteiger partial charge in [0.2, 0.25) is 0 Å². The Bertz CT molecular complexity index is 669. The average Bonchev–Trinajstić information content (AvgIpc) is 2.40. The predicted molar refractivity (Wildman–Crippen MR) is 71.3 cm³/mol. The Morgan fingerprint density at radius 3 is 2.80 bits per heavy atom. The summed E-state index contributed by atoms with van der Waals surface area (Å²) in [4.78, 5) is 11.3. The second-order valence-electron chi connectivity index (χ2n) is 3.98. The number of nitrogens with zero attached hydrogens (tertiary/aromatic N) is 1. The van der Waals surface area contributed by atoms with Crippen LogP contribution in [0.25, 0.3) is 0 Å². The molecule has 20 heavy (non-hydrogen) atoms. The topological polar surface area (TPSA) is 57.8 Å². The van der Waals surface area contributed by atoms with Crippen molar-refractivity contribution in [3.8, 4) is 0 Å². The van der Waals surface area contributed by atoms with Crippen LogP contribution in [-0.2, 0) is 12.7 Å². The Morgan fingerprint density at radius 1 is 1.35 bits per heavy atom. The fourth-order valence-electron chi connectivity index (χ4n) is 1.56. The summed E-state index contributed by atoms with van der Waals surface area (Å²) in [6, 6.07) is 4.97. The smallest absolute Gasteiger partial charge is 0.379 e. The van der Waals surface area contributed by atoms with Crippen LogP contribution in [0.3, 0.4) is 0 Å². The maximum Gasteiger partial charge on any atom is 0.416 e. The van der Waals surface area contributed by atoms with Gasteiger partial charge in [-0.05, 0) is 33.6 Å². The Morgan fingerprint density at radius 2 is 2.10 bits per heavy atom. The van der Waals surface area contributed by atoms with Gasteiger partial charge in [-0.15, -0.1) is 0 Å². The lowest BCUT2D eigenvalue weighted by molar-refractivity contribution is -0.137. The summed E-state index contributed by atoms with van der Waals surface area (Å²) in [7, 11) is 0. The quantitative estimate of drug-likeness (QED) is 0.896. The van der Waals surface area contributed by atoms with Crippen LogP contribution in [0.5, 0.6) is 0 Å². The molecule has 0 fully saturated rings. The minimum absolute atomic E-state index is 0.146. The van der Waals surface area contributed by atoms with E-state index in [2.05, 4.69) is 31.4 Å². The molecule has 1 heterocycles. The van der Waals surface area contributed by atoms with Gasteiger partial charge >= 0.3 is 6.18 Å². The third-order valence-electron chi connectivity index (χ3n) is 2.53. The van der Waals surface area contributed by atoms with Gasteiger partial charge in [-0.3, -0.25) is 4.79 Å². The molecule has 1 aromatic heterocycles. The van der Waals surface area contributed by atoms with Crippen LogP contribution in [0.4, 0.5) is 18.9 Å². The predicted octanol–water partition coefficient (Wildman–Crippen LogP) is 3.16. The summed E-state index contributed by atoms with van der Waals surface area (Å²) in [6.07, 6.45) is -3.00. The maximum absolute atomic E-state index is 12.6. The zero-order valence-corrected chi connectivity index (χ0v) is 11.5. The van der Waals surface area contributed by atoms with Gasteiger partial charge in [-0.2, -0.15) is 18.3 Å². The summed E-state index contributed by atoms with van der Waals surface area (Å²) in [5, 5.41) is 8.68. The molecule has 8 heteroatoms. The van der Waals surface area contributed by atoms with Crippen molar-refractivity contribution in [2.75, 3.05) is 5.32 Å². The number of halogens is 4. The van der Waals surface area contributed by atoms with Crippen molar-refractivity contribution < 1.29 is 13.2 Å². The molecule has 2 rings (SSSR count). The molecule has 0 saturated carbocycles. The Kier molecular flexibility index (Phi) is 4.12. The van der Waals surface area contributed by atoms with Crippen molar-refractivity contribution >= 4 is 21.6 Å². The van der Waals surface area contributed by atoms with Gasteiger partial charge in [-0.25, -0.2) is 5.10 Å². The van der Waals surface area contributed by atoms with Gasteiger partial charge in [-0.1, -0.05) is 12.1 Å². The van der Waals surface area contributed by atoms with Gasteiger partial charge in [0.05, 0.1) is 17.4 Å². The largest absolute Gasteiger partial charge is 0.416 e. The minimum atomic E-state index is -4.37. The fourth-order valence-corrected chi connectivity index (χ4v) is 1.89. The van der Waals surface area contributed by atoms with E-state index in [-0.39, 0.29) is 11.0 Å². The molecule has 0 radical (unpaired) electrons. The molecule has 1 aromatic carbocycles. The highest BCUT2D eigenvalue weighted by Gasteiger charge is 2.30. The molecule has 0 spiro atoms. The third kappa shape index (κ3) is 3.38. The number of nitrogens with one attached hydrogen (secondary N) is 2. The summed E-state index contributed by atoms with van der Waals surface area (Å²) < 4.78 is 37.9. The molecule has 0 amide bonds. The standard InChI is InChI=1S/C12H9BrF3N3O/c13-10-9(6-18-19-11(10)20)17-5-7-2-1-3-8(4-7)12(14,15)16/h1-4,6H,5H2,(H2,17,19,20). The molecule has 4 nitrogen and oxygen atoms in total. The Labute approximate surface area is 120 Å². The number of hydrogen-bond acceptors (Lipinski definition) is 3. The zero-order chi connectivity index (χ0) is 14.8. The summed E-state index contributed by atoms with van der Waals surface area (Å²) in [5.41, 5.74) is -0.267. The molecule has 0 bridgehead atoms. The van der Waals surface area contributed by atoms with E-state index in [1.54, 1.807) is 6.07 Å². The fraction of sp³-hybridized carbons (Fsp3) is 0.167. The first-order valence-electron chi connectivity index (χ1n) is 5.51. The van der Waals surface area contributed by atoms with Crippen LogP contribution in [0.2, 0.25) is 0 Å². The van der Waals surface area contributed by atoms with Crippen LogP contribution >= 0.6 is 15.9 Å². The molecule has 0 saturated heterocycles. The highest BCUT2D eigenvalue weighted by molar-refractivity contribution is 9.10. The van der Waals surface area contributed by atoms with E-state index in [4.69, 9.17) is 0 Å². The molecule has 0 atom stereocenters. The molecule has 0 aliphatic rings. The van der Waals surface area contributed by atoms with Gasteiger partial charge in [0.25, 0.3) is 5.56 Å². The SMILES string of the molecule is O=c1[nH]ncc(NCc2cccc(C(F)(F)F)c2)c1Br. The van der Waals surface area contributed by atoms with E-state index in [0.717, 1.165) is 12.1 Å². The lowest BCUT2D eigenvalue weighted by atomic mass is 10.1. The molecule has 2 aromatic rings. The minimum Gasteiger partial charge on any atom is -0.379 e.